The zero-order valence-electron chi connectivity index (χ0n) is 15.5. The average Bonchev–Trinajstić information content (AvgIpc) is 3.20. The largest absolute Gasteiger partial charge is 0.467 e. The van der Waals surface area contributed by atoms with E-state index in [2.05, 4.69) is 21.7 Å². The molecule has 0 bridgehead atoms. The summed E-state index contributed by atoms with van der Waals surface area (Å²) in [6.45, 7) is 10.2. The van der Waals surface area contributed by atoms with Crippen LogP contribution < -0.4 is 5.32 Å². The van der Waals surface area contributed by atoms with E-state index in [1.807, 2.05) is 32.0 Å². The normalized spacial score (nSPS) is 16.3. The fourth-order valence-electron chi connectivity index (χ4n) is 3.71. The third-order valence-corrected chi connectivity index (χ3v) is 5.17. The Morgan fingerprint density at radius 1 is 1.32 bits per heavy atom. The molecule has 1 saturated heterocycles. The molecule has 1 N–H and O–H groups in total. The first kappa shape index (κ1) is 17.8. The number of rotatable bonds is 6. The minimum atomic E-state index is 0.0488. The van der Waals surface area contributed by atoms with Crippen LogP contribution in [0.1, 0.15) is 53.7 Å². The van der Waals surface area contributed by atoms with Gasteiger partial charge < -0.3 is 19.2 Å². The highest BCUT2D eigenvalue weighted by atomic mass is 16.3. The number of carbonyl (C=O) groups excluding carboxylic acids is 1. The van der Waals surface area contributed by atoms with E-state index in [0.29, 0.717) is 6.54 Å². The third-order valence-electron chi connectivity index (χ3n) is 5.17. The summed E-state index contributed by atoms with van der Waals surface area (Å²) < 4.78 is 7.58. The van der Waals surface area contributed by atoms with Crippen LogP contribution in [0.15, 0.2) is 28.9 Å². The molecule has 0 unspecified atom stereocenters. The number of furan rings is 1. The van der Waals surface area contributed by atoms with Crippen LogP contribution in [0.2, 0.25) is 0 Å². The highest BCUT2D eigenvalue weighted by Crippen LogP contribution is 2.19. The maximum Gasteiger partial charge on any atom is 0.253 e. The number of nitrogens with one attached hydrogen (secondary N) is 1. The van der Waals surface area contributed by atoms with Gasteiger partial charge in [-0.2, -0.15) is 0 Å². The quantitative estimate of drug-likeness (QED) is 0.875. The lowest BCUT2D eigenvalue weighted by Gasteiger charge is -2.32. The molecule has 1 fully saturated rings. The Morgan fingerprint density at radius 2 is 2.08 bits per heavy atom. The van der Waals surface area contributed by atoms with Crippen LogP contribution in [0, 0.1) is 13.8 Å². The SMILES string of the molecule is CCCN1CCC(NC(=O)c2cc(C)n(Cc3ccco3)c2C)CC1. The van der Waals surface area contributed by atoms with Gasteiger partial charge in [-0.3, -0.25) is 4.79 Å². The molecule has 2 aromatic heterocycles. The second kappa shape index (κ2) is 7.91. The van der Waals surface area contributed by atoms with Crippen molar-refractivity contribution in [1.29, 1.82) is 0 Å². The first-order valence-electron chi connectivity index (χ1n) is 9.30. The Morgan fingerprint density at radius 3 is 2.72 bits per heavy atom. The van der Waals surface area contributed by atoms with Crippen LogP contribution in [0.5, 0.6) is 0 Å². The Kier molecular flexibility index (Phi) is 5.63. The summed E-state index contributed by atoms with van der Waals surface area (Å²) in [4.78, 5) is 15.2. The molecule has 3 heterocycles. The Labute approximate surface area is 150 Å². The van der Waals surface area contributed by atoms with Gasteiger partial charge in [0.1, 0.15) is 5.76 Å². The Hall–Kier alpha value is -2.01. The van der Waals surface area contributed by atoms with Gasteiger partial charge in [0.15, 0.2) is 0 Å². The Bertz CT molecular complexity index is 695. The molecule has 1 aliphatic rings. The summed E-state index contributed by atoms with van der Waals surface area (Å²) in [6, 6.07) is 6.12. The number of aryl methyl sites for hydroxylation is 1. The fraction of sp³-hybridized carbons (Fsp3) is 0.550. The average molecular weight is 343 g/mol. The summed E-state index contributed by atoms with van der Waals surface area (Å²) >= 11 is 0. The summed E-state index contributed by atoms with van der Waals surface area (Å²) in [5.41, 5.74) is 2.85. The summed E-state index contributed by atoms with van der Waals surface area (Å²) in [5.74, 6) is 0.949. The first-order chi connectivity index (χ1) is 12.1. The lowest BCUT2D eigenvalue weighted by molar-refractivity contribution is 0.0910. The standard InChI is InChI=1S/C20H29N3O2/c1-4-9-22-10-7-17(8-11-22)21-20(24)19-13-15(2)23(16(19)3)14-18-6-5-12-25-18/h5-6,12-13,17H,4,7-11,14H2,1-3H3,(H,21,24). The summed E-state index contributed by atoms with van der Waals surface area (Å²) in [5, 5.41) is 3.24. The monoisotopic (exact) mass is 343 g/mol. The van der Waals surface area contributed by atoms with Crippen molar-refractivity contribution in [2.24, 2.45) is 0 Å². The van der Waals surface area contributed by atoms with Crippen molar-refractivity contribution in [3.8, 4) is 0 Å². The van der Waals surface area contributed by atoms with E-state index in [1.54, 1.807) is 6.26 Å². The highest BCUT2D eigenvalue weighted by molar-refractivity contribution is 5.95. The molecule has 0 atom stereocenters. The molecule has 0 radical (unpaired) electrons. The molecule has 136 valence electrons. The molecule has 1 amide bonds. The molecule has 25 heavy (non-hydrogen) atoms. The van der Waals surface area contributed by atoms with Gasteiger partial charge in [-0.25, -0.2) is 0 Å². The van der Waals surface area contributed by atoms with Crippen molar-refractivity contribution in [3.05, 3.63) is 47.2 Å². The molecule has 5 heteroatoms. The first-order valence-corrected chi connectivity index (χ1v) is 9.30. The van der Waals surface area contributed by atoms with E-state index >= 15 is 0 Å². The number of carbonyl (C=O) groups is 1. The molecule has 5 nitrogen and oxygen atoms in total. The van der Waals surface area contributed by atoms with Crippen LogP contribution >= 0.6 is 0 Å². The van der Waals surface area contributed by atoms with Gasteiger partial charge in [-0.1, -0.05) is 6.92 Å². The zero-order chi connectivity index (χ0) is 17.8. The molecule has 0 spiro atoms. The highest BCUT2D eigenvalue weighted by Gasteiger charge is 2.23. The molecule has 1 aliphatic heterocycles. The number of aromatic nitrogens is 1. The molecule has 3 rings (SSSR count). The molecule has 2 aromatic rings. The lowest BCUT2D eigenvalue weighted by atomic mass is 10.0. The van der Waals surface area contributed by atoms with E-state index in [4.69, 9.17) is 4.42 Å². The van der Waals surface area contributed by atoms with Gasteiger partial charge in [-0.05, 0) is 57.9 Å². The van der Waals surface area contributed by atoms with E-state index in [0.717, 1.165) is 55.2 Å². The number of amides is 1. The van der Waals surface area contributed by atoms with Crippen LogP contribution in [0.3, 0.4) is 0 Å². The van der Waals surface area contributed by atoms with Crippen molar-refractivity contribution in [2.45, 2.75) is 52.6 Å². The van der Waals surface area contributed by atoms with E-state index in [9.17, 15) is 4.79 Å². The number of hydrogen-bond donors (Lipinski definition) is 1. The lowest BCUT2D eigenvalue weighted by Crippen LogP contribution is -2.44. The van der Waals surface area contributed by atoms with Crippen molar-refractivity contribution >= 4 is 5.91 Å². The molecule has 0 aliphatic carbocycles. The van der Waals surface area contributed by atoms with Crippen LogP contribution in [-0.4, -0.2) is 41.1 Å². The Balaban J connectivity index is 1.63. The van der Waals surface area contributed by atoms with Gasteiger partial charge in [0, 0.05) is 30.5 Å². The molecule has 0 saturated carbocycles. The number of nitrogens with zero attached hydrogens (tertiary/aromatic N) is 2. The molecular formula is C20H29N3O2. The van der Waals surface area contributed by atoms with Crippen molar-refractivity contribution in [3.63, 3.8) is 0 Å². The minimum Gasteiger partial charge on any atom is -0.467 e. The number of likely N-dealkylation sites (tertiary alicyclic amines) is 1. The van der Waals surface area contributed by atoms with Gasteiger partial charge in [0.05, 0.1) is 18.4 Å². The number of hydrogen-bond acceptors (Lipinski definition) is 3. The smallest absolute Gasteiger partial charge is 0.253 e. The predicted molar refractivity (Wildman–Crippen MR) is 98.9 cm³/mol. The second-order valence-corrected chi connectivity index (χ2v) is 7.04. The van der Waals surface area contributed by atoms with Crippen LogP contribution in [0.4, 0.5) is 0 Å². The summed E-state index contributed by atoms with van der Waals surface area (Å²) in [7, 11) is 0. The zero-order valence-corrected chi connectivity index (χ0v) is 15.5. The molecule has 0 aromatic carbocycles. The number of piperidine rings is 1. The van der Waals surface area contributed by atoms with Gasteiger partial charge in [0.2, 0.25) is 0 Å². The van der Waals surface area contributed by atoms with E-state index in [1.165, 1.54) is 6.42 Å². The van der Waals surface area contributed by atoms with Crippen molar-refractivity contribution in [1.82, 2.24) is 14.8 Å². The maximum absolute atomic E-state index is 12.7. The van der Waals surface area contributed by atoms with E-state index in [-0.39, 0.29) is 11.9 Å². The van der Waals surface area contributed by atoms with Gasteiger partial charge in [0.25, 0.3) is 5.91 Å². The van der Waals surface area contributed by atoms with Gasteiger partial charge >= 0.3 is 0 Å². The second-order valence-electron chi connectivity index (χ2n) is 7.04. The van der Waals surface area contributed by atoms with Crippen molar-refractivity contribution in [2.75, 3.05) is 19.6 Å². The van der Waals surface area contributed by atoms with Crippen molar-refractivity contribution < 1.29 is 9.21 Å². The molecular weight excluding hydrogens is 314 g/mol. The van der Waals surface area contributed by atoms with Crippen LogP contribution in [0.25, 0.3) is 0 Å². The third kappa shape index (κ3) is 4.15. The topological polar surface area (TPSA) is 50.4 Å². The predicted octanol–water partition coefficient (Wildman–Crippen LogP) is 3.35. The summed E-state index contributed by atoms with van der Waals surface area (Å²) in [6.07, 6.45) is 4.95. The fourth-order valence-corrected chi connectivity index (χ4v) is 3.71. The maximum atomic E-state index is 12.7. The van der Waals surface area contributed by atoms with E-state index < -0.39 is 0 Å². The van der Waals surface area contributed by atoms with Crippen LogP contribution in [-0.2, 0) is 6.54 Å². The van der Waals surface area contributed by atoms with Gasteiger partial charge in [-0.15, -0.1) is 0 Å². The minimum absolute atomic E-state index is 0.0488.